The number of aryl methyl sites for hydroxylation is 1. The maximum atomic E-state index is 9.34. The normalized spacial score (nSPS) is 12.1. The third kappa shape index (κ3) is 3.37. The monoisotopic (exact) mass is 209 g/mol. The van der Waals surface area contributed by atoms with Crippen LogP contribution in [0, 0.1) is 11.3 Å². The van der Waals surface area contributed by atoms with Gasteiger partial charge >= 0.3 is 0 Å². The van der Waals surface area contributed by atoms with Crippen molar-refractivity contribution in [2.75, 3.05) is 0 Å². The molecule has 1 atom stereocenters. The lowest BCUT2D eigenvalue weighted by Crippen LogP contribution is -2.06. The molecule has 1 aromatic rings. The van der Waals surface area contributed by atoms with Crippen LogP contribution in [0.2, 0.25) is 5.02 Å². The van der Waals surface area contributed by atoms with Gasteiger partial charge in [-0.2, -0.15) is 5.26 Å². The Morgan fingerprint density at radius 2 is 2.14 bits per heavy atom. The third-order valence-electron chi connectivity index (χ3n) is 2.03. The molecule has 1 unspecified atom stereocenters. The van der Waals surface area contributed by atoms with Gasteiger partial charge < -0.3 is 5.11 Å². The van der Waals surface area contributed by atoms with Gasteiger partial charge in [-0.15, -0.1) is 0 Å². The molecular formula is C11H12ClNO. The second-order valence-electron chi connectivity index (χ2n) is 3.15. The number of hydrogen-bond donors (Lipinski definition) is 1. The van der Waals surface area contributed by atoms with Crippen LogP contribution in [0.15, 0.2) is 24.3 Å². The first-order valence-corrected chi connectivity index (χ1v) is 4.90. The highest BCUT2D eigenvalue weighted by Crippen LogP contribution is 2.17. The minimum atomic E-state index is -0.545. The van der Waals surface area contributed by atoms with Gasteiger partial charge in [0.2, 0.25) is 0 Å². The summed E-state index contributed by atoms with van der Waals surface area (Å²) in [5, 5.41) is 18.4. The number of aliphatic hydroxyl groups excluding tert-OH is 1. The van der Waals surface area contributed by atoms with Gasteiger partial charge in [0.25, 0.3) is 0 Å². The zero-order valence-corrected chi connectivity index (χ0v) is 8.54. The van der Waals surface area contributed by atoms with E-state index in [1.165, 1.54) is 0 Å². The number of nitrogens with zero attached hydrogens (tertiary/aromatic N) is 1. The average Bonchev–Trinajstić information content (AvgIpc) is 2.17. The Morgan fingerprint density at radius 3 is 2.79 bits per heavy atom. The molecule has 0 amide bonds. The van der Waals surface area contributed by atoms with Gasteiger partial charge in [0.1, 0.15) is 0 Å². The minimum Gasteiger partial charge on any atom is -0.392 e. The summed E-state index contributed by atoms with van der Waals surface area (Å²) in [5.41, 5.74) is 1.02. The third-order valence-corrected chi connectivity index (χ3v) is 2.40. The molecule has 0 saturated carbocycles. The van der Waals surface area contributed by atoms with E-state index in [2.05, 4.69) is 0 Å². The van der Waals surface area contributed by atoms with Gasteiger partial charge in [-0.1, -0.05) is 29.8 Å². The average molecular weight is 210 g/mol. The Balaban J connectivity index is 2.46. The highest BCUT2D eigenvalue weighted by atomic mass is 35.5. The van der Waals surface area contributed by atoms with E-state index in [0.717, 1.165) is 10.6 Å². The Kier molecular flexibility index (Phi) is 4.45. The SMILES string of the molecule is N#CCC(O)CCc1ccccc1Cl. The maximum absolute atomic E-state index is 9.34. The molecule has 0 aliphatic heterocycles. The van der Waals surface area contributed by atoms with Crippen molar-refractivity contribution < 1.29 is 5.11 Å². The van der Waals surface area contributed by atoms with Crippen molar-refractivity contribution in [3.05, 3.63) is 34.9 Å². The fourth-order valence-corrected chi connectivity index (χ4v) is 1.46. The number of hydrogen-bond acceptors (Lipinski definition) is 2. The predicted molar refractivity (Wildman–Crippen MR) is 56.0 cm³/mol. The molecule has 1 rings (SSSR count). The number of nitriles is 1. The van der Waals surface area contributed by atoms with E-state index in [4.69, 9.17) is 16.9 Å². The molecule has 0 radical (unpaired) electrons. The van der Waals surface area contributed by atoms with Crippen LogP contribution >= 0.6 is 11.6 Å². The van der Waals surface area contributed by atoms with Crippen LogP contribution in [0.3, 0.4) is 0 Å². The number of aliphatic hydroxyl groups is 1. The van der Waals surface area contributed by atoms with Crippen LogP contribution < -0.4 is 0 Å². The van der Waals surface area contributed by atoms with Crippen molar-refractivity contribution in [1.82, 2.24) is 0 Å². The minimum absolute atomic E-state index is 0.185. The smallest absolute Gasteiger partial charge is 0.0673 e. The van der Waals surface area contributed by atoms with E-state index in [9.17, 15) is 5.11 Å². The van der Waals surface area contributed by atoms with Crippen molar-refractivity contribution in [2.24, 2.45) is 0 Å². The molecule has 1 aromatic carbocycles. The van der Waals surface area contributed by atoms with E-state index >= 15 is 0 Å². The second-order valence-corrected chi connectivity index (χ2v) is 3.55. The Bertz CT molecular complexity index is 332. The Morgan fingerprint density at radius 1 is 1.43 bits per heavy atom. The van der Waals surface area contributed by atoms with E-state index < -0.39 is 6.10 Å². The van der Waals surface area contributed by atoms with Gasteiger partial charge in [0, 0.05) is 5.02 Å². The molecule has 0 heterocycles. The summed E-state index contributed by atoms with van der Waals surface area (Å²) in [6.07, 6.45) is 0.931. The summed E-state index contributed by atoms with van der Waals surface area (Å²) >= 11 is 5.94. The molecule has 0 saturated heterocycles. The summed E-state index contributed by atoms with van der Waals surface area (Å²) < 4.78 is 0. The zero-order chi connectivity index (χ0) is 10.4. The standard InChI is InChI=1S/C11H12ClNO/c12-11-4-2-1-3-9(11)5-6-10(14)7-8-13/h1-4,10,14H,5-7H2. The molecule has 1 N–H and O–H groups in total. The highest BCUT2D eigenvalue weighted by Gasteiger charge is 2.05. The molecule has 2 nitrogen and oxygen atoms in total. The molecular weight excluding hydrogens is 198 g/mol. The quantitative estimate of drug-likeness (QED) is 0.828. The van der Waals surface area contributed by atoms with Crippen molar-refractivity contribution in [3.63, 3.8) is 0 Å². The topological polar surface area (TPSA) is 44.0 Å². The second kappa shape index (κ2) is 5.64. The summed E-state index contributed by atoms with van der Waals surface area (Å²) in [4.78, 5) is 0. The lowest BCUT2D eigenvalue weighted by molar-refractivity contribution is 0.170. The van der Waals surface area contributed by atoms with E-state index in [-0.39, 0.29) is 6.42 Å². The first kappa shape index (κ1) is 11.0. The Hall–Kier alpha value is -1.04. The van der Waals surface area contributed by atoms with Crippen LogP contribution in [0.5, 0.6) is 0 Å². The van der Waals surface area contributed by atoms with Crippen molar-refractivity contribution in [2.45, 2.75) is 25.4 Å². The summed E-state index contributed by atoms with van der Waals surface area (Å²) in [7, 11) is 0. The fraction of sp³-hybridized carbons (Fsp3) is 0.364. The van der Waals surface area contributed by atoms with Crippen LogP contribution in [0.25, 0.3) is 0 Å². The van der Waals surface area contributed by atoms with Crippen LogP contribution in [0.1, 0.15) is 18.4 Å². The Labute approximate surface area is 88.7 Å². The fourth-order valence-electron chi connectivity index (χ4n) is 1.23. The largest absolute Gasteiger partial charge is 0.392 e. The lowest BCUT2D eigenvalue weighted by atomic mass is 10.1. The lowest BCUT2D eigenvalue weighted by Gasteiger charge is -2.07. The maximum Gasteiger partial charge on any atom is 0.0673 e. The van der Waals surface area contributed by atoms with Gasteiger partial charge in [-0.3, -0.25) is 0 Å². The number of halogens is 1. The van der Waals surface area contributed by atoms with Crippen LogP contribution in [-0.2, 0) is 6.42 Å². The molecule has 0 aromatic heterocycles. The summed E-state index contributed by atoms with van der Waals surface area (Å²) in [5.74, 6) is 0. The molecule has 0 aliphatic carbocycles. The number of benzene rings is 1. The van der Waals surface area contributed by atoms with Crippen molar-refractivity contribution in [1.29, 1.82) is 5.26 Å². The first-order chi connectivity index (χ1) is 6.74. The van der Waals surface area contributed by atoms with Crippen LogP contribution in [-0.4, -0.2) is 11.2 Å². The summed E-state index contributed by atoms with van der Waals surface area (Å²) in [6, 6.07) is 9.48. The summed E-state index contributed by atoms with van der Waals surface area (Å²) in [6.45, 7) is 0. The zero-order valence-electron chi connectivity index (χ0n) is 7.78. The molecule has 3 heteroatoms. The highest BCUT2D eigenvalue weighted by molar-refractivity contribution is 6.31. The predicted octanol–water partition coefficient (Wildman–Crippen LogP) is 2.55. The van der Waals surface area contributed by atoms with Gasteiger partial charge in [0.05, 0.1) is 18.6 Å². The molecule has 0 aliphatic rings. The van der Waals surface area contributed by atoms with E-state index in [1.54, 1.807) is 0 Å². The number of rotatable bonds is 4. The molecule has 0 spiro atoms. The molecule has 0 bridgehead atoms. The van der Waals surface area contributed by atoms with E-state index in [1.807, 2.05) is 30.3 Å². The first-order valence-electron chi connectivity index (χ1n) is 4.52. The van der Waals surface area contributed by atoms with Crippen LogP contribution in [0.4, 0.5) is 0 Å². The van der Waals surface area contributed by atoms with Crippen molar-refractivity contribution in [3.8, 4) is 6.07 Å². The molecule has 0 fully saturated rings. The van der Waals surface area contributed by atoms with Crippen molar-refractivity contribution >= 4 is 11.6 Å². The molecule has 14 heavy (non-hydrogen) atoms. The van der Waals surface area contributed by atoms with Gasteiger partial charge in [0.15, 0.2) is 0 Å². The van der Waals surface area contributed by atoms with Gasteiger partial charge in [-0.25, -0.2) is 0 Å². The molecule has 74 valence electrons. The van der Waals surface area contributed by atoms with Gasteiger partial charge in [-0.05, 0) is 24.5 Å². The van der Waals surface area contributed by atoms with E-state index in [0.29, 0.717) is 12.8 Å².